The number of fused-ring (bicyclic) bond motifs is 1. The molecule has 1 aromatic carbocycles. The highest BCUT2D eigenvalue weighted by molar-refractivity contribution is 5.98. The molecule has 2 amide bonds. The van der Waals surface area contributed by atoms with Crippen LogP contribution in [0.2, 0.25) is 0 Å². The third kappa shape index (κ3) is 3.86. The number of amides is 2. The molecular weight excluding hydrogens is 380 g/mol. The van der Waals surface area contributed by atoms with E-state index in [-0.39, 0.29) is 6.03 Å². The van der Waals surface area contributed by atoms with Crippen molar-refractivity contribution in [1.29, 1.82) is 0 Å². The first-order valence-electron chi connectivity index (χ1n) is 10.8. The van der Waals surface area contributed by atoms with Crippen LogP contribution in [0, 0.1) is 0 Å². The van der Waals surface area contributed by atoms with Crippen molar-refractivity contribution < 1.29 is 9.53 Å². The minimum Gasteiger partial charge on any atom is -0.494 e. The van der Waals surface area contributed by atoms with Crippen LogP contribution in [0.5, 0.6) is 5.75 Å². The van der Waals surface area contributed by atoms with E-state index < -0.39 is 0 Å². The van der Waals surface area contributed by atoms with Gasteiger partial charge in [-0.3, -0.25) is 9.91 Å². The topological polar surface area (TPSA) is 73.8 Å². The fourth-order valence-corrected chi connectivity index (χ4v) is 4.10. The number of hydrogen-bond acceptors (Lipinski definition) is 6. The first-order chi connectivity index (χ1) is 14.6. The molecule has 1 aliphatic heterocycles. The van der Waals surface area contributed by atoms with Gasteiger partial charge in [0, 0.05) is 19.3 Å². The van der Waals surface area contributed by atoms with Crippen molar-refractivity contribution in [3.8, 4) is 5.75 Å². The van der Waals surface area contributed by atoms with E-state index >= 15 is 0 Å². The number of anilines is 4. The second-order valence-corrected chi connectivity index (χ2v) is 7.74. The van der Waals surface area contributed by atoms with E-state index in [9.17, 15) is 4.79 Å². The van der Waals surface area contributed by atoms with Crippen LogP contribution in [0.3, 0.4) is 0 Å². The van der Waals surface area contributed by atoms with Crippen molar-refractivity contribution in [2.45, 2.75) is 52.0 Å². The average Bonchev–Trinajstić information content (AvgIpc) is 3.30. The van der Waals surface area contributed by atoms with Crippen LogP contribution >= 0.6 is 0 Å². The summed E-state index contributed by atoms with van der Waals surface area (Å²) in [6.07, 6.45) is 7.21. The number of carbonyl (C=O) groups is 1. The lowest BCUT2D eigenvalue weighted by atomic mass is 10.2. The summed E-state index contributed by atoms with van der Waals surface area (Å²) < 4.78 is 5.64. The molecule has 1 fully saturated rings. The third-order valence-electron chi connectivity index (χ3n) is 5.65. The van der Waals surface area contributed by atoms with Gasteiger partial charge in [-0.05, 0) is 50.5 Å². The van der Waals surface area contributed by atoms with E-state index in [1.165, 1.54) is 12.8 Å². The Morgan fingerprint density at radius 3 is 2.57 bits per heavy atom. The van der Waals surface area contributed by atoms with Crippen LogP contribution in [-0.2, 0) is 0 Å². The first kappa shape index (κ1) is 20.3. The highest BCUT2D eigenvalue weighted by atomic mass is 16.5. The lowest BCUT2D eigenvalue weighted by molar-refractivity contribution is 0.191. The molecule has 2 aromatic rings. The van der Waals surface area contributed by atoms with E-state index in [4.69, 9.17) is 9.72 Å². The van der Waals surface area contributed by atoms with Gasteiger partial charge in [0.25, 0.3) is 0 Å². The number of aromatic nitrogens is 2. The molecule has 0 unspecified atom stereocenters. The second kappa shape index (κ2) is 8.77. The zero-order chi connectivity index (χ0) is 21.1. The molecule has 0 spiro atoms. The lowest BCUT2D eigenvalue weighted by Gasteiger charge is -2.45. The molecule has 160 valence electrons. The summed E-state index contributed by atoms with van der Waals surface area (Å²) in [6.45, 7) is 5.40. The molecule has 4 rings (SSSR count). The Morgan fingerprint density at radius 2 is 1.90 bits per heavy atom. The van der Waals surface area contributed by atoms with Crippen LogP contribution in [0.25, 0.3) is 0 Å². The predicted octanol–water partition coefficient (Wildman–Crippen LogP) is 4.56. The molecule has 0 atom stereocenters. The summed E-state index contributed by atoms with van der Waals surface area (Å²) in [5.41, 5.74) is 1.63. The van der Waals surface area contributed by atoms with E-state index in [0.717, 1.165) is 42.2 Å². The largest absolute Gasteiger partial charge is 0.494 e. The highest BCUT2D eigenvalue weighted by Crippen LogP contribution is 2.38. The summed E-state index contributed by atoms with van der Waals surface area (Å²) in [5, 5.41) is 7.18. The van der Waals surface area contributed by atoms with Gasteiger partial charge in [-0.25, -0.2) is 14.8 Å². The average molecular weight is 411 g/mol. The van der Waals surface area contributed by atoms with Crippen LogP contribution < -0.4 is 20.0 Å². The van der Waals surface area contributed by atoms with Crippen LogP contribution in [0.15, 0.2) is 30.5 Å². The van der Waals surface area contributed by atoms with Gasteiger partial charge in [0.05, 0.1) is 18.8 Å². The molecule has 1 N–H and O–H groups in total. The van der Waals surface area contributed by atoms with E-state index in [1.54, 1.807) is 23.2 Å². The zero-order valence-electron chi connectivity index (χ0n) is 18.0. The fraction of sp³-hybridized carbons (Fsp3) is 0.500. The molecule has 0 saturated heterocycles. The minimum atomic E-state index is -0.0381. The van der Waals surface area contributed by atoms with Gasteiger partial charge in [0.1, 0.15) is 11.4 Å². The van der Waals surface area contributed by atoms with Gasteiger partial charge in [-0.15, -0.1) is 0 Å². The Morgan fingerprint density at radius 1 is 1.17 bits per heavy atom. The van der Waals surface area contributed by atoms with Gasteiger partial charge >= 0.3 is 6.03 Å². The number of urea groups is 1. The Labute approximate surface area is 177 Å². The van der Waals surface area contributed by atoms with Crippen LogP contribution in [0.1, 0.15) is 46.0 Å². The molecule has 1 aromatic heterocycles. The van der Waals surface area contributed by atoms with Gasteiger partial charge in [-0.1, -0.05) is 19.8 Å². The van der Waals surface area contributed by atoms with Crippen molar-refractivity contribution in [2.75, 3.05) is 35.4 Å². The van der Waals surface area contributed by atoms with Crippen molar-refractivity contribution in [2.24, 2.45) is 0 Å². The molecule has 8 heteroatoms. The van der Waals surface area contributed by atoms with E-state index in [0.29, 0.717) is 25.1 Å². The van der Waals surface area contributed by atoms with E-state index in [1.807, 2.05) is 31.2 Å². The molecule has 8 nitrogen and oxygen atoms in total. The normalized spacial score (nSPS) is 16.8. The summed E-state index contributed by atoms with van der Waals surface area (Å²) in [6, 6.07) is 8.04. The van der Waals surface area contributed by atoms with Crippen LogP contribution in [-0.4, -0.2) is 47.2 Å². The lowest BCUT2D eigenvalue weighted by Crippen LogP contribution is -2.59. The summed E-state index contributed by atoms with van der Waals surface area (Å²) in [7, 11) is 1.78. The predicted molar refractivity (Wildman–Crippen MR) is 118 cm³/mol. The molecule has 1 aliphatic carbocycles. The van der Waals surface area contributed by atoms with Crippen LogP contribution in [0.4, 0.5) is 27.9 Å². The van der Waals surface area contributed by atoms with Crippen molar-refractivity contribution in [3.05, 3.63) is 30.5 Å². The maximum absolute atomic E-state index is 12.9. The Hall–Kier alpha value is -3.03. The maximum atomic E-state index is 12.9. The number of benzene rings is 1. The molecule has 1 saturated carbocycles. The second-order valence-electron chi connectivity index (χ2n) is 7.74. The Balaban J connectivity index is 1.62. The van der Waals surface area contributed by atoms with Crippen molar-refractivity contribution in [1.82, 2.24) is 15.0 Å². The van der Waals surface area contributed by atoms with E-state index in [2.05, 4.69) is 22.2 Å². The van der Waals surface area contributed by atoms with Crippen molar-refractivity contribution in [3.63, 3.8) is 0 Å². The monoisotopic (exact) mass is 410 g/mol. The third-order valence-corrected chi connectivity index (χ3v) is 5.65. The number of carbonyl (C=O) groups excluding carboxylic acids is 1. The summed E-state index contributed by atoms with van der Waals surface area (Å²) in [5.74, 6) is 2.14. The van der Waals surface area contributed by atoms with Crippen molar-refractivity contribution >= 4 is 29.2 Å². The minimum absolute atomic E-state index is 0.0381. The first-order valence-corrected chi connectivity index (χ1v) is 10.8. The molecule has 30 heavy (non-hydrogen) atoms. The standard InChI is InChI=1S/C22H30N6O2/c1-4-14-30-18-12-10-16(11-13-18)24-21-23-15-19-20(25-21)28(17-8-6-7-9-17)27(5-2)22(29)26(19)3/h10-13,15,17H,4-9,14H2,1-3H3,(H,23,24,25). The molecule has 0 radical (unpaired) electrons. The summed E-state index contributed by atoms with van der Waals surface area (Å²) in [4.78, 5) is 23.8. The number of hydrogen-bond donors (Lipinski definition) is 1. The summed E-state index contributed by atoms with van der Waals surface area (Å²) >= 11 is 0. The number of nitrogens with zero attached hydrogens (tertiary/aromatic N) is 5. The zero-order valence-corrected chi connectivity index (χ0v) is 18.0. The maximum Gasteiger partial charge on any atom is 0.343 e. The number of nitrogens with one attached hydrogen (secondary N) is 1. The number of hydrazine groups is 1. The number of ether oxygens (including phenoxy) is 1. The number of rotatable bonds is 7. The molecule has 2 heterocycles. The fourth-order valence-electron chi connectivity index (χ4n) is 4.10. The quantitative estimate of drug-likeness (QED) is 0.721. The molecule has 2 aliphatic rings. The Kier molecular flexibility index (Phi) is 5.92. The van der Waals surface area contributed by atoms with Gasteiger partial charge < -0.3 is 10.1 Å². The SMILES string of the molecule is CCCOc1ccc(Nc2ncc3c(n2)N(C2CCCC2)N(CC)C(=O)N3C)cc1. The molecule has 0 bridgehead atoms. The van der Waals surface area contributed by atoms with Gasteiger partial charge in [0.2, 0.25) is 5.95 Å². The Bertz CT molecular complexity index is 882. The molecular formula is C22H30N6O2. The van der Waals surface area contributed by atoms with Gasteiger partial charge in [0.15, 0.2) is 5.82 Å². The van der Waals surface area contributed by atoms with Gasteiger partial charge in [-0.2, -0.15) is 4.98 Å². The highest BCUT2D eigenvalue weighted by Gasteiger charge is 2.39. The smallest absolute Gasteiger partial charge is 0.343 e.